The Morgan fingerprint density at radius 3 is 2.15 bits per heavy atom. The average molecular weight is 426 g/mol. The summed E-state index contributed by atoms with van der Waals surface area (Å²) in [6.07, 6.45) is 0.740. The number of ether oxygens (including phenoxy) is 2. The molecule has 0 atom stereocenters. The molecule has 1 N–H and O–H groups in total. The van der Waals surface area contributed by atoms with Crippen LogP contribution in [0, 0.1) is 0 Å². The molecule has 0 radical (unpaired) electrons. The largest absolute Gasteiger partial charge is 0.495 e. The van der Waals surface area contributed by atoms with Gasteiger partial charge in [0.15, 0.2) is 0 Å². The molecule has 0 aliphatic carbocycles. The quantitative estimate of drug-likeness (QED) is 0.581. The molecule has 5 heteroatoms. The maximum absolute atomic E-state index is 12.8. The summed E-state index contributed by atoms with van der Waals surface area (Å²) in [6, 6.07) is 21.3. The number of nitrogens with one attached hydrogen (secondary N) is 1. The van der Waals surface area contributed by atoms with Gasteiger partial charge in [-0.25, -0.2) is 0 Å². The van der Waals surface area contributed by atoms with Crippen molar-refractivity contribution in [2.45, 2.75) is 6.42 Å². The van der Waals surface area contributed by atoms with Crippen LogP contribution in [0.5, 0.6) is 11.5 Å². The standard InChI is InChI=1S/C22H20BrNO3/c1-26-19-13-17(14-20(27-2)21(19)23)22(25)24-18-11-7-6-10-16(18)12-15-8-4-3-5-9-15/h3-11,13-14H,12H2,1-2H3,(H,24,25). The van der Waals surface area contributed by atoms with E-state index in [0.29, 0.717) is 21.5 Å². The predicted octanol–water partition coefficient (Wildman–Crippen LogP) is 5.31. The van der Waals surface area contributed by atoms with Crippen LogP contribution >= 0.6 is 15.9 Å². The Labute approximate surface area is 167 Å². The van der Waals surface area contributed by atoms with Crippen molar-refractivity contribution in [2.24, 2.45) is 0 Å². The molecule has 0 heterocycles. The van der Waals surface area contributed by atoms with Crippen molar-refractivity contribution in [3.63, 3.8) is 0 Å². The predicted molar refractivity (Wildman–Crippen MR) is 111 cm³/mol. The molecule has 27 heavy (non-hydrogen) atoms. The van der Waals surface area contributed by atoms with Gasteiger partial charge in [0.2, 0.25) is 0 Å². The summed E-state index contributed by atoms with van der Waals surface area (Å²) in [6.45, 7) is 0. The Morgan fingerprint density at radius 1 is 0.926 bits per heavy atom. The second-order valence-corrected chi connectivity index (χ2v) is 6.76. The van der Waals surface area contributed by atoms with Crippen LogP contribution in [0.25, 0.3) is 0 Å². The van der Waals surface area contributed by atoms with Gasteiger partial charge in [0.25, 0.3) is 5.91 Å². The molecule has 3 rings (SSSR count). The molecule has 0 aromatic heterocycles. The van der Waals surface area contributed by atoms with Crippen LogP contribution in [0.1, 0.15) is 21.5 Å². The first-order chi connectivity index (χ1) is 13.1. The molecular weight excluding hydrogens is 406 g/mol. The van der Waals surface area contributed by atoms with Gasteiger partial charge < -0.3 is 14.8 Å². The lowest BCUT2D eigenvalue weighted by Gasteiger charge is -2.14. The van der Waals surface area contributed by atoms with Crippen LogP contribution in [0.3, 0.4) is 0 Å². The number of hydrogen-bond acceptors (Lipinski definition) is 3. The van der Waals surface area contributed by atoms with Crippen LogP contribution < -0.4 is 14.8 Å². The fourth-order valence-electron chi connectivity index (χ4n) is 2.81. The third-order valence-corrected chi connectivity index (χ3v) is 4.99. The van der Waals surface area contributed by atoms with Crippen LogP contribution in [0.2, 0.25) is 0 Å². The highest BCUT2D eigenvalue weighted by molar-refractivity contribution is 9.10. The van der Waals surface area contributed by atoms with Crippen LogP contribution in [-0.4, -0.2) is 20.1 Å². The van der Waals surface area contributed by atoms with Gasteiger partial charge in [-0.05, 0) is 51.7 Å². The minimum atomic E-state index is -0.223. The molecule has 0 saturated carbocycles. The first-order valence-corrected chi connectivity index (χ1v) is 9.26. The highest BCUT2D eigenvalue weighted by atomic mass is 79.9. The summed E-state index contributed by atoms with van der Waals surface area (Å²) in [5.74, 6) is 0.855. The van der Waals surface area contributed by atoms with Gasteiger partial charge in [0, 0.05) is 11.3 Å². The third-order valence-electron chi connectivity index (χ3n) is 4.21. The SMILES string of the molecule is COc1cc(C(=O)Nc2ccccc2Cc2ccccc2)cc(OC)c1Br. The summed E-state index contributed by atoms with van der Waals surface area (Å²) < 4.78 is 11.3. The van der Waals surface area contributed by atoms with E-state index in [4.69, 9.17) is 9.47 Å². The lowest BCUT2D eigenvalue weighted by atomic mass is 10.0. The summed E-state index contributed by atoms with van der Waals surface area (Å²) in [5, 5.41) is 3.00. The molecule has 138 valence electrons. The molecule has 0 spiro atoms. The molecule has 3 aromatic carbocycles. The van der Waals surface area contributed by atoms with Crippen molar-refractivity contribution < 1.29 is 14.3 Å². The highest BCUT2D eigenvalue weighted by Crippen LogP contribution is 2.36. The number of benzene rings is 3. The van der Waals surface area contributed by atoms with Crippen molar-refractivity contribution in [3.8, 4) is 11.5 Å². The van der Waals surface area contributed by atoms with Crippen LogP contribution in [-0.2, 0) is 6.42 Å². The molecule has 0 aliphatic rings. The smallest absolute Gasteiger partial charge is 0.255 e. The summed E-state index contributed by atoms with van der Waals surface area (Å²) in [5.41, 5.74) is 3.48. The van der Waals surface area contributed by atoms with Crippen molar-refractivity contribution >= 4 is 27.5 Å². The van der Waals surface area contributed by atoms with Gasteiger partial charge in [0.1, 0.15) is 16.0 Å². The molecule has 0 saturated heterocycles. The third kappa shape index (κ3) is 4.49. The van der Waals surface area contributed by atoms with Gasteiger partial charge in [-0.3, -0.25) is 4.79 Å². The monoisotopic (exact) mass is 425 g/mol. The Bertz CT molecular complexity index is 916. The number of para-hydroxylation sites is 1. The topological polar surface area (TPSA) is 47.6 Å². The molecule has 1 amide bonds. The molecule has 0 unspecified atom stereocenters. The minimum Gasteiger partial charge on any atom is -0.495 e. The zero-order valence-electron chi connectivity index (χ0n) is 15.2. The number of carbonyl (C=O) groups excluding carboxylic acids is 1. The Balaban J connectivity index is 1.87. The van der Waals surface area contributed by atoms with E-state index in [1.54, 1.807) is 26.4 Å². The number of methoxy groups -OCH3 is 2. The summed E-state index contributed by atoms with van der Waals surface area (Å²) in [7, 11) is 3.10. The van der Waals surface area contributed by atoms with E-state index in [2.05, 4.69) is 33.4 Å². The molecule has 0 bridgehead atoms. The van der Waals surface area contributed by atoms with E-state index >= 15 is 0 Å². The molecular formula is C22H20BrNO3. The number of anilines is 1. The zero-order chi connectivity index (χ0) is 19.2. The fraction of sp³-hybridized carbons (Fsp3) is 0.136. The lowest BCUT2D eigenvalue weighted by molar-refractivity contribution is 0.102. The second kappa shape index (κ2) is 8.73. The van der Waals surface area contributed by atoms with Crippen molar-refractivity contribution in [2.75, 3.05) is 19.5 Å². The lowest BCUT2D eigenvalue weighted by Crippen LogP contribution is -2.14. The van der Waals surface area contributed by atoms with E-state index in [-0.39, 0.29) is 5.91 Å². The van der Waals surface area contributed by atoms with E-state index in [9.17, 15) is 4.79 Å². The first kappa shape index (κ1) is 19.0. The maximum Gasteiger partial charge on any atom is 0.255 e. The number of carbonyl (C=O) groups is 1. The average Bonchev–Trinajstić information content (AvgIpc) is 2.70. The minimum absolute atomic E-state index is 0.223. The Kier molecular flexibility index (Phi) is 6.14. The van der Waals surface area contributed by atoms with Crippen molar-refractivity contribution in [3.05, 3.63) is 87.9 Å². The van der Waals surface area contributed by atoms with E-state index in [1.165, 1.54) is 5.56 Å². The van der Waals surface area contributed by atoms with Gasteiger partial charge in [-0.2, -0.15) is 0 Å². The highest BCUT2D eigenvalue weighted by Gasteiger charge is 2.16. The van der Waals surface area contributed by atoms with Gasteiger partial charge in [-0.1, -0.05) is 48.5 Å². The number of halogens is 1. The Hall–Kier alpha value is -2.79. The van der Waals surface area contributed by atoms with Crippen molar-refractivity contribution in [1.29, 1.82) is 0 Å². The first-order valence-electron chi connectivity index (χ1n) is 8.47. The summed E-state index contributed by atoms with van der Waals surface area (Å²) >= 11 is 3.42. The molecule has 0 fully saturated rings. The molecule has 0 aliphatic heterocycles. The maximum atomic E-state index is 12.8. The van der Waals surface area contributed by atoms with E-state index in [1.807, 2.05) is 42.5 Å². The zero-order valence-corrected chi connectivity index (χ0v) is 16.7. The van der Waals surface area contributed by atoms with E-state index in [0.717, 1.165) is 17.7 Å². The van der Waals surface area contributed by atoms with Crippen LogP contribution in [0.4, 0.5) is 5.69 Å². The summed E-state index contributed by atoms with van der Waals surface area (Å²) in [4.78, 5) is 12.8. The number of amides is 1. The normalized spacial score (nSPS) is 10.3. The fourth-order valence-corrected chi connectivity index (χ4v) is 3.36. The van der Waals surface area contributed by atoms with Crippen molar-refractivity contribution in [1.82, 2.24) is 0 Å². The number of rotatable bonds is 6. The second-order valence-electron chi connectivity index (χ2n) is 5.97. The van der Waals surface area contributed by atoms with Gasteiger partial charge >= 0.3 is 0 Å². The molecule has 4 nitrogen and oxygen atoms in total. The van der Waals surface area contributed by atoms with Gasteiger partial charge in [-0.15, -0.1) is 0 Å². The van der Waals surface area contributed by atoms with Crippen LogP contribution in [0.15, 0.2) is 71.2 Å². The Morgan fingerprint density at radius 2 is 1.52 bits per heavy atom. The molecule has 3 aromatic rings. The number of hydrogen-bond donors (Lipinski definition) is 1. The van der Waals surface area contributed by atoms with E-state index < -0.39 is 0 Å². The van der Waals surface area contributed by atoms with Gasteiger partial charge in [0.05, 0.1) is 14.2 Å².